The zero-order chi connectivity index (χ0) is 20.9. The van der Waals surface area contributed by atoms with Crippen molar-refractivity contribution in [3.05, 3.63) is 72.1 Å². The Balaban J connectivity index is 1.54. The summed E-state index contributed by atoms with van der Waals surface area (Å²) in [6.45, 7) is 6.06. The number of rotatable bonds is 8. The maximum atomic E-state index is 12.9. The molecule has 0 aliphatic rings. The summed E-state index contributed by atoms with van der Waals surface area (Å²) in [5.41, 5.74) is 4.36. The number of fused-ring (bicyclic) bond motifs is 1. The number of para-hydroxylation sites is 2. The van der Waals surface area contributed by atoms with Crippen molar-refractivity contribution in [3.8, 4) is 5.69 Å². The van der Waals surface area contributed by atoms with Crippen LogP contribution in [0.15, 0.2) is 60.8 Å². The van der Waals surface area contributed by atoms with Gasteiger partial charge in [-0.15, -0.1) is 0 Å². The summed E-state index contributed by atoms with van der Waals surface area (Å²) in [4.78, 5) is 17.5. The lowest BCUT2D eigenvalue weighted by Crippen LogP contribution is -2.16. The molecule has 2 aromatic heterocycles. The number of carbonyl (C=O) groups excluding carboxylic acids is 1. The van der Waals surface area contributed by atoms with E-state index >= 15 is 0 Å². The molecule has 1 N–H and O–H groups in total. The highest BCUT2D eigenvalue weighted by molar-refractivity contribution is 6.04. The highest BCUT2D eigenvalue weighted by Crippen LogP contribution is 2.21. The standard InChI is InChI=1S/C23H25N5O2/c1-3-30-16-6-15-27-21-8-5-4-7-20(21)25-23(27)26-22(29)18-9-11-19(12-10-18)28-17(2)13-14-24-28/h4-5,7-14H,3,6,15-16H2,1-2H3,(H,25,26,29). The lowest BCUT2D eigenvalue weighted by molar-refractivity contribution is 0.102. The first-order chi connectivity index (χ1) is 14.7. The lowest BCUT2D eigenvalue weighted by Gasteiger charge is -2.11. The Hall–Kier alpha value is -3.45. The minimum absolute atomic E-state index is 0.194. The van der Waals surface area contributed by atoms with E-state index in [1.165, 1.54) is 0 Å². The summed E-state index contributed by atoms with van der Waals surface area (Å²) in [6, 6.07) is 17.2. The SMILES string of the molecule is CCOCCCn1c(NC(=O)c2ccc(-n3nccc3C)cc2)nc2ccccc21. The van der Waals surface area contributed by atoms with Gasteiger partial charge < -0.3 is 9.30 Å². The van der Waals surface area contributed by atoms with E-state index in [4.69, 9.17) is 4.74 Å². The summed E-state index contributed by atoms with van der Waals surface area (Å²) in [6.07, 6.45) is 2.60. The molecule has 7 heteroatoms. The third kappa shape index (κ3) is 4.11. The Labute approximate surface area is 175 Å². The van der Waals surface area contributed by atoms with Crippen LogP contribution in [0.4, 0.5) is 5.95 Å². The normalized spacial score (nSPS) is 11.1. The first kappa shape index (κ1) is 19.8. The number of amides is 1. The first-order valence-corrected chi connectivity index (χ1v) is 10.1. The molecule has 0 spiro atoms. The third-order valence-corrected chi connectivity index (χ3v) is 4.96. The molecule has 2 heterocycles. The molecule has 0 fully saturated rings. The van der Waals surface area contributed by atoms with Crippen molar-refractivity contribution in [2.45, 2.75) is 26.8 Å². The van der Waals surface area contributed by atoms with Crippen LogP contribution in [0.5, 0.6) is 0 Å². The molecule has 0 unspecified atom stereocenters. The maximum Gasteiger partial charge on any atom is 0.257 e. The average Bonchev–Trinajstić information content (AvgIpc) is 3.34. The fourth-order valence-electron chi connectivity index (χ4n) is 3.43. The predicted molar refractivity (Wildman–Crippen MR) is 117 cm³/mol. The molecule has 0 saturated heterocycles. The number of nitrogens with one attached hydrogen (secondary N) is 1. The molecule has 4 rings (SSSR count). The van der Waals surface area contributed by atoms with Gasteiger partial charge in [0, 0.05) is 37.2 Å². The van der Waals surface area contributed by atoms with Gasteiger partial charge >= 0.3 is 0 Å². The molecule has 0 aliphatic heterocycles. The number of carbonyl (C=O) groups is 1. The number of aromatic nitrogens is 4. The molecular weight excluding hydrogens is 378 g/mol. The van der Waals surface area contributed by atoms with E-state index in [2.05, 4.69) is 15.4 Å². The molecule has 7 nitrogen and oxygen atoms in total. The zero-order valence-electron chi connectivity index (χ0n) is 17.2. The highest BCUT2D eigenvalue weighted by Gasteiger charge is 2.14. The summed E-state index contributed by atoms with van der Waals surface area (Å²) in [7, 11) is 0. The van der Waals surface area contributed by atoms with Crippen molar-refractivity contribution in [3.63, 3.8) is 0 Å². The van der Waals surface area contributed by atoms with Crippen molar-refractivity contribution < 1.29 is 9.53 Å². The summed E-state index contributed by atoms with van der Waals surface area (Å²) < 4.78 is 9.32. The van der Waals surface area contributed by atoms with Crippen LogP contribution in [0.25, 0.3) is 16.7 Å². The van der Waals surface area contributed by atoms with Gasteiger partial charge in [-0.3, -0.25) is 10.1 Å². The molecule has 0 saturated carbocycles. The molecule has 30 heavy (non-hydrogen) atoms. The molecule has 0 aliphatic carbocycles. The maximum absolute atomic E-state index is 12.9. The number of nitrogens with zero attached hydrogens (tertiary/aromatic N) is 4. The zero-order valence-corrected chi connectivity index (χ0v) is 17.2. The number of benzene rings is 2. The van der Waals surface area contributed by atoms with Crippen LogP contribution in [-0.4, -0.2) is 38.5 Å². The van der Waals surface area contributed by atoms with E-state index < -0.39 is 0 Å². The van der Waals surface area contributed by atoms with E-state index in [-0.39, 0.29) is 5.91 Å². The molecule has 154 valence electrons. The molecule has 0 bridgehead atoms. The average molecular weight is 403 g/mol. The van der Waals surface area contributed by atoms with Gasteiger partial charge in [-0.05, 0) is 62.7 Å². The minimum atomic E-state index is -0.194. The van der Waals surface area contributed by atoms with Crippen LogP contribution >= 0.6 is 0 Å². The fourth-order valence-corrected chi connectivity index (χ4v) is 3.43. The Morgan fingerprint density at radius 2 is 1.90 bits per heavy atom. The van der Waals surface area contributed by atoms with Crippen LogP contribution in [-0.2, 0) is 11.3 Å². The smallest absolute Gasteiger partial charge is 0.257 e. The van der Waals surface area contributed by atoms with E-state index in [9.17, 15) is 4.79 Å². The molecule has 0 radical (unpaired) electrons. The van der Waals surface area contributed by atoms with Crippen molar-refractivity contribution in [1.82, 2.24) is 19.3 Å². The third-order valence-electron chi connectivity index (χ3n) is 4.96. The number of hydrogen-bond acceptors (Lipinski definition) is 4. The van der Waals surface area contributed by atoms with E-state index in [0.717, 1.165) is 28.8 Å². The van der Waals surface area contributed by atoms with Gasteiger partial charge in [0.05, 0.1) is 16.7 Å². The van der Waals surface area contributed by atoms with Crippen molar-refractivity contribution in [2.75, 3.05) is 18.5 Å². The Morgan fingerprint density at radius 3 is 2.63 bits per heavy atom. The largest absolute Gasteiger partial charge is 0.382 e. The monoisotopic (exact) mass is 403 g/mol. The summed E-state index contributed by atoms with van der Waals surface area (Å²) >= 11 is 0. The van der Waals surface area contributed by atoms with Gasteiger partial charge in [0.2, 0.25) is 5.95 Å². The lowest BCUT2D eigenvalue weighted by atomic mass is 10.2. The van der Waals surface area contributed by atoms with Gasteiger partial charge in [0.15, 0.2) is 0 Å². The molecule has 2 aromatic carbocycles. The molecule has 4 aromatic rings. The second kappa shape index (κ2) is 8.92. The highest BCUT2D eigenvalue weighted by atomic mass is 16.5. The number of hydrogen-bond donors (Lipinski definition) is 1. The van der Waals surface area contributed by atoms with Crippen LogP contribution in [0, 0.1) is 6.92 Å². The Kier molecular flexibility index (Phi) is 5.90. The predicted octanol–water partition coefficient (Wildman–Crippen LogP) is 4.21. The van der Waals surface area contributed by atoms with E-state index in [0.29, 0.717) is 31.3 Å². The van der Waals surface area contributed by atoms with Gasteiger partial charge in [-0.2, -0.15) is 5.10 Å². The van der Waals surface area contributed by atoms with Gasteiger partial charge in [-0.1, -0.05) is 12.1 Å². The van der Waals surface area contributed by atoms with E-state index in [1.54, 1.807) is 18.3 Å². The number of imidazole rings is 1. The second-order valence-corrected chi connectivity index (χ2v) is 7.01. The van der Waals surface area contributed by atoms with Crippen LogP contribution < -0.4 is 5.32 Å². The van der Waals surface area contributed by atoms with E-state index in [1.807, 2.05) is 65.6 Å². The molecule has 1 amide bonds. The van der Waals surface area contributed by atoms with Crippen molar-refractivity contribution in [1.29, 1.82) is 0 Å². The second-order valence-electron chi connectivity index (χ2n) is 7.01. The van der Waals surface area contributed by atoms with Crippen LogP contribution in [0.2, 0.25) is 0 Å². The minimum Gasteiger partial charge on any atom is -0.382 e. The van der Waals surface area contributed by atoms with Crippen molar-refractivity contribution in [2.24, 2.45) is 0 Å². The Morgan fingerprint density at radius 1 is 1.10 bits per heavy atom. The van der Waals surface area contributed by atoms with Gasteiger partial charge in [-0.25, -0.2) is 9.67 Å². The topological polar surface area (TPSA) is 74.0 Å². The molecule has 0 atom stereocenters. The van der Waals surface area contributed by atoms with Crippen LogP contribution in [0.1, 0.15) is 29.4 Å². The van der Waals surface area contributed by atoms with Crippen molar-refractivity contribution >= 4 is 22.9 Å². The Bertz CT molecular complexity index is 1140. The number of ether oxygens (including phenoxy) is 1. The summed E-state index contributed by atoms with van der Waals surface area (Å²) in [5.74, 6) is 0.352. The number of anilines is 1. The van der Waals surface area contributed by atoms with Gasteiger partial charge in [0.1, 0.15) is 0 Å². The van der Waals surface area contributed by atoms with Crippen LogP contribution in [0.3, 0.4) is 0 Å². The number of aryl methyl sites for hydroxylation is 2. The molecular formula is C23H25N5O2. The quantitative estimate of drug-likeness (QED) is 0.447. The summed E-state index contributed by atoms with van der Waals surface area (Å²) in [5, 5.41) is 7.27. The van der Waals surface area contributed by atoms with Gasteiger partial charge in [0.25, 0.3) is 5.91 Å². The fraction of sp³-hybridized carbons (Fsp3) is 0.261. The first-order valence-electron chi connectivity index (χ1n) is 10.1.